The number of methoxy groups -OCH3 is 1. The lowest BCUT2D eigenvalue weighted by molar-refractivity contribution is -0.384. The van der Waals surface area contributed by atoms with Crippen molar-refractivity contribution < 1.29 is 14.5 Å². The van der Waals surface area contributed by atoms with Gasteiger partial charge in [0.1, 0.15) is 10.8 Å². The van der Waals surface area contributed by atoms with Crippen molar-refractivity contribution in [1.29, 1.82) is 0 Å². The number of rotatable bonds is 4. The summed E-state index contributed by atoms with van der Waals surface area (Å²) in [5.74, 6) is 0.552. The van der Waals surface area contributed by atoms with Crippen molar-refractivity contribution in [1.82, 2.24) is 4.90 Å². The van der Waals surface area contributed by atoms with Gasteiger partial charge in [-0.05, 0) is 42.7 Å². The van der Waals surface area contributed by atoms with E-state index in [9.17, 15) is 14.9 Å². The van der Waals surface area contributed by atoms with Crippen LogP contribution in [0.5, 0.6) is 5.75 Å². The van der Waals surface area contributed by atoms with Gasteiger partial charge in [0.2, 0.25) is 0 Å². The molecule has 0 N–H and O–H groups in total. The van der Waals surface area contributed by atoms with Crippen LogP contribution in [0.1, 0.15) is 47.6 Å². The number of carbonyl (C=O) groups excluding carboxylic acids is 1. The van der Waals surface area contributed by atoms with E-state index < -0.39 is 4.92 Å². The monoisotopic (exact) mass is 388 g/mol. The highest BCUT2D eigenvalue weighted by molar-refractivity contribution is 6.32. The molecule has 1 aliphatic rings. The Morgan fingerprint density at radius 3 is 2.59 bits per heavy atom. The second kappa shape index (κ2) is 8.39. The van der Waals surface area contributed by atoms with E-state index in [4.69, 9.17) is 16.3 Å². The number of hydrogen-bond donors (Lipinski definition) is 0. The topological polar surface area (TPSA) is 72.7 Å². The molecular weight excluding hydrogens is 368 g/mol. The number of likely N-dealkylation sites (tertiary alicyclic amines) is 1. The normalized spacial score (nSPS) is 17.3. The van der Waals surface area contributed by atoms with Crippen molar-refractivity contribution in [2.75, 3.05) is 13.7 Å². The molecule has 3 rings (SSSR count). The van der Waals surface area contributed by atoms with Crippen molar-refractivity contribution in [3.05, 3.63) is 68.7 Å². The largest absolute Gasteiger partial charge is 0.497 e. The number of benzene rings is 2. The number of carbonyl (C=O) groups is 1. The maximum atomic E-state index is 13.2. The van der Waals surface area contributed by atoms with Crippen molar-refractivity contribution in [2.45, 2.75) is 31.7 Å². The zero-order valence-electron chi connectivity index (χ0n) is 15.1. The van der Waals surface area contributed by atoms with Crippen molar-refractivity contribution in [3.8, 4) is 5.75 Å². The highest BCUT2D eigenvalue weighted by Gasteiger charge is 2.29. The van der Waals surface area contributed by atoms with Crippen LogP contribution in [-0.4, -0.2) is 29.4 Å². The Morgan fingerprint density at radius 2 is 1.93 bits per heavy atom. The first-order valence-corrected chi connectivity index (χ1v) is 9.28. The molecule has 27 heavy (non-hydrogen) atoms. The van der Waals surface area contributed by atoms with Crippen LogP contribution < -0.4 is 4.74 Å². The average Bonchev–Trinajstić information content (AvgIpc) is 2.93. The van der Waals surface area contributed by atoms with Gasteiger partial charge in [0.25, 0.3) is 11.6 Å². The fourth-order valence-corrected chi connectivity index (χ4v) is 3.66. The predicted octanol–water partition coefficient (Wildman–Crippen LogP) is 5.01. The van der Waals surface area contributed by atoms with Crippen LogP contribution in [0.2, 0.25) is 5.02 Å². The SMILES string of the molecule is COc1ccc(C2CCCCCN2C(=O)c2ccc(Cl)c([N+](=O)[O-])c2)cc1. The van der Waals surface area contributed by atoms with Crippen molar-refractivity contribution >= 4 is 23.2 Å². The molecule has 0 aliphatic carbocycles. The lowest BCUT2D eigenvalue weighted by Gasteiger charge is -2.30. The van der Waals surface area contributed by atoms with Crippen LogP contribution in [0, 0.1) is 10.1 Å². The molecule has 1 aliphatic heterocycles. The Bertz CT molecular complexity index is 838. The second-order valence-electron chi connectivity index (χ2n) is 6.56. The third kappa shape index (κ3) is 4.22. The van der Waals surface area contributed by atoms with Gasteiger partial charge in [0.15, 0.2) is 0 Å². The molecule has 0 radical (unpaired) electrons. The smallest absolute Gasteiger partial charge is 0.288 e. The summed E-state index contributed by atoms with van der Waals surface area (Å²) < 4.78 is 5.21. The number of nitro groups is 1. The van der Waals surface area contributed by atoms with Crippen LogP contribution in [-0.2, 0) is 0 Å². The minimum atomic E-state index is -0.567. The molecule has 2 aromatic rings. The zero-order chi connectivity index (χ0) is 19.4. The lowest BCUT2D eigenvalue weighted by atomic mass is 10.00. The minimum absolute atomic E-state index is 0.0270. The third-order valence-electron chi connectivity index (χ3n) is 4.90. The summed E-state index contributed by atoms with van der Waals surface area (Å²) in [7, 11) is 1.62. The Hall–Kier alpha value is -2.60. The van der Waals surface area contributed by atoms with Crippen LogP contribution in [0.3, 0.4) is 0 Å². The summed E-state index contributed by atoms with van der Waals surface area (Å²) >= 11 is 5.88. The van der Waals surface area contributed by atoms with Gasteiger partial charge in [-0.2, -0.15) is 0 Å². The minimum Gasteiger partial charge on any atom is -0.497 e. The number of nitro benzene ring substituents is 1. The van der Waals surface area contributed by atoms with E-state index in [2.05, 4.69) is 0 Å². The van der Waals surface area contributed by atoms with Crippen LogP contribution in [0.4, 0.5) is 5.69 Å². The zero-order valence-corrected chi connectivity index (χ0v) is 15.8. The molecule has 1 atom stereocenters. The quantitative estimate of drug-likeness (QED) is 0.544. The second-order valence-corrected chi connectivity index (χ2v) is 6.97. The molecule has 142 valence electrons. The third-order valence-corrected chi connectivity index (χ3v) is 5.22. The van der Waals surface area contributed by atoms with Gasteiger partial charge in [-0.25, -0.2) is 0 Å². The highest BCUT2D eigenvalue weighted by atomic mass is 35.5. The van der Waals surface area contributed by atoms with Gasteiger partial charge in [-0.1, -0.05) is 36.6 Å². The first-order valence-electron chi connectivity index (χ1n) is 8.90. The van der Waals surface area contributed by atoms with Gasteiger partial charge in [-0.15, -0.1) is 0 Å². The fraction of sp³-hybridized carbons (Fsp3) is 0.350. The summed E-state index contributed by atoms with van der Waals surface area (Å²) in [6.07, 6.45) is 3.85. The van der Waals surface area contributed by atoms with Gasteiger partial charge in [-0.3, -0.25) is 14.9 Å². The van der Waals surface area contributed by atoms with E-state index in [1.54, 1.807) is 13.2 Å². The van der Waals surface area contributed by atoms with Gasteiger partial charge in [0, 0.05) is 18.2 Å². The highest BCUT2D eigenvalue weighted by Crippen LogP contribution is 2.33. The average molecular weight is 389 g/mol. The number of amides is 1. The standard InChI is InChI=1S/C20H21ClN2O4/c1-27-16-9-6-14(7-10-16)18-5-3-2-4-12-22(18)20(24)15-8-11-17(21)19(13-15)23(25)26/h6-11,13,18H,2-5,12H2,1H3. The number of halogens is 1. The van der Waals surface area contributed by atoms with Gasteiger partial charge < -0.3 is 9.64 Å². The molecule has 6 nitrogen and oxygen atoms in total. The molecule has 0 saturated carbocycles. The van der Waals surface area contributed by atoms with Gasteiger partial charge >= 0.3 is 0 Å². The molecule has 0 aromatic heterocycles. The molecular formula is C20H21ClN2O4. The van der Waals surface area contributed by atoms with E-state index in [1.165, 1.54) is 12.1 Å². The number of hydrogen-bond acceptors (Lipinski definition) is 4. The Morgan fingerprint density at radius 1 is 1.19 bits per heavy atom. The molecule has 1 amide bonds. The van der Waals surface area contributed by atoms with E-state index in [0.29, 0.717) is 6.54 Å². The molecule has 1 fully saturated rings. The predicted molar refractivity (Wildman–Crippen MR) is 103 cm³/mol. The molecule has 0 spiro atoms. The fourth-order valence-electron chi connectivity index (χ4n) is 3.48. The van der Waals surface area contributed by atoms with E-state index in [1.807, 2.05) is 29.2 Å². The molecule has 0 bridgehead atoms. The number of nitrogens with zero attached hydrogens (tertiary/aromatic N) is 2. The van der Waals surface area contributed by atoms with Crippen molar-refractivity contribution in [2.24, 2.45) is 0 Å². The molecule has 1 heterocycles. The summed E-state index contributed by atoms with van der Waals surface area (Å²) in [6.45, 7) is 0.617. The van der Waals surface area contributed by atoms with E-state index in [-0.39, 0.29) is 28.2 Å². The Balaban J connectivity index is 1.94. The lowest BCUT2D eigenvalue weighted by Crippen LogP contribution is -2.34. The van der Waals surface area contributed by atoms with Crippen LogP contribution in [0.15, 0.2) is 42.5 Å². The summed E-state index contributed by atoms with van der Waals surface area (Å²) in [4.78, 5) is 25.6. The van der Waals surface area contributed by atoms with Crippen LogP contribution >= 0.6 is 11.6 Å². The van der Waals surface area contributed by atoms with Crippen molar-refractivity contribution in [3.63, 3.8) is 0 Å². The summed E-state index contributed by atoms with van der Waals surface area (Å²) in [6, 6.07) is 11.9. The summed E-state index contributed by atoms with van der Waals surface area (Å²) in [5.41, 5.74) is 1.07. The first kappa shape index (κ1) is 19.2. The summed E-state index contributed by atoms with van der Waals surface area (Å²) in [5, 5.41) is 11.2. The molecule has 1 unspecified atom stereocenters. The molecule has 2 aromatic carbocycles. The molecule has 7 heteroatoms. The maximum absolute atomic E-state index is 13.2. The number of ether oxygens (including phenoxy) is 1. The van der Waals surface area contributed by atoms with Gasteiger partial charge in [0.05, 0.1) is 18.1 Å². The van der Waals surface area contributed by atoms with Crippen LogP contribution in [0.25, 0.3) is 0 Å². The van der Waals surface area contributed by atoms with E-state index in [0.717, 1.165) is 37.0 Å². The first-order chi connectivity index (χ1) is 13.0. The Labute approximate surface area is 162 Å². The molecule has 1 saturated heterocycles. The Kier molecular flexibility index (Phi) is 5.96. The van der Waals surface area contributed by atoms with E-state index >= 15 is 0 Å². The maximum Gasteiger partial charge on any atom is 0.288 e.